The van der Waals surface area contributed by atoms with Crippen LogP contribution in [0.15, 0.2) is 30.7 Å². The van der Waals surface area contributed by atoms with Gasteiger partial charge in [-0.1, -0.05) is 17.7 Å². The standard InChI is InChI=1S/C16H14ClFN6O/c17-10-2-1-3-11(13(10)18)23-15-14-12(21-8-22-15)7-20-16(24-14)25-9-4-5-19-6-9/h1-3,7-9,19H,4-6H2,(H,21,22,23)/t9-/m0/s1. The van der Waals surface area contributed by atoms with E-state index in [1.165, 1.54) is 12.4 Å². The number of nitrogens with zero attached hydrogens (tertiary/aromatic N) is 4. The van der Waals surface area contributed by atoms with E-state index in [2.05, 4.69) is 30.6 Å². The Morgan fingerprint density at radius 2 is 2.20 bits per heavy atom. The summed E-state index contributed by atoms with van der Waals surface area (Å²) in [6.07, 6.45) is 3.84. The monoisotopic (exact) mass is 360 g/mol. The van der Waals surface area contributed by atoms with Crippen molar-refractivity contribution in [2.75, 3.05) is 18.4 Å². The van der Waals surface area contributed by atoms with Crippen molar-refractivity contribution in [1.82, 2.24) is 25.3 Å². The number of halogens is 2. The third-order valence-electron chi connectivity index (χ3n) is 3.85. The smallest absolute Gasteiger partial charge is 0.317 e. The highest BCUT2D eigenvalue weighted by atomic mass is 35.5. The summed E-state index contributed by atoms with van der Waals surface area (Å²) in [6, 6.07) is 4.93. The van der Waals surface area contributed by atoms with Crippen LogP contribution >= 0.6 is 11.6 Å². The molecule has 1 fully saturated rings. The van der Waals surface area contributed by atoms with Gasteiger partial charge in [0.2, 0.25) is 0 Å². The topological polar surface area (TPSA) is 84.9 Å². The van der Waals surface area contributed by atoms with Gasteiger partial charge in [0.1, 0.15) is 23.5 Å². The highest BCUT2D eigenvalue weighted by Crippen LogP contribution is 2.27. The van der Waals surface area contributed by atoms with E-state index in [4.69, 9.17) is 16.3 Å². The van der Waals surface area contributed by atoms with E-state index < -0.39 is 5.82 Å². The zero-order chi connectivity index (χ0) is 17.2. The molecular weight excluding hydrogens is 347 g/mol. The van der Waals surface area contributed by atoms with E-state index in [0.29, 0.717) is 16.9 Å². The van der Waals surface area contributed by atoms with Crippen molar-refractivity contribution in [1.29, 1.82) is 0 Å². The normalized spacial score (nSPS) is 17.0. The van der Waals surface area contributed by atoms with Crippen LogP contribution in [-0.4, -0.2) is 39.1 Å². The molecule has 2 N–H and O–H groups in total. The van der Waals surface area contributed by atoms with Crippen LogP contribution in [0.2, 0.25) is 5.02 Å². The predicted molar refractivity (Wildman–Crippen MR) is 91.7 cm³/mol. The number of anilines is 2. The largest absolute Gasteiger partial charge is 0.459 e. The summed E-state index contributed by atoms with van der Waals surface area (Å²) in [5.41, 5.74) is 1.17. The minimum absolute atomic E-state index is 0.0238. The van der Waals surface area contributed by atoms with Gasteiger partial charge in [0.25, 0.3) is 0 Å². The van der Waals surface area contributed by atoms with Crippen molar-refractivity contribution in [2.24, 2.45) is 0 Å². The number of hydrogen-bond acceptors (Lipinski definition) is 7. The molecule has 128 valence electrons. The van der Waals surface area contributed by atoms with Crippen LogP contribution in [0.5, 0.6) is 6.01 Å². The first kappa shape index (κ1) is 15.9. The lowest BCUT2D eigenvalue weighted by Gasteiger charge is -2.12. The molecule has 1 saturated heterocycles. The highest BCUT2D eigenvalue weighted by molar-refractivity contribution is 6.31. The third-order valence-corrected chi connectivity index (χ3v) is 4.14. The first-order valence-electron chi connectivity index (χ1n) is 7.77. The Bertz CT molecular complexity index is 918. The Hall–Kier alpha value is -2.58. The molecule has 9 heteroatoms. The SMILES string of the molecule is Fc1c(Cl)cccc1Nc1ncnc2cnc(O[C@H]3CCNC3)nc12. The second kappa shape index (κ2) is 6.73. The van der Waals surface area contributed by atoms with Gasteiger partial charge in [0, 0.05) is 6.54 Å². The summed E-state index contributed by atoms with van der Waals surface area (Å²) in [6.45, 7) is 1.66. The summed E-state index contributed by atoms with van der Waals surface area (Å²) in [5, 5.41) is 6.15. The van der Waals surface area contributed by atoms with Crippen LogP contribution < -0.4 is 15.4 Å². The molecule has 0 bridgehead atoms. The molecule has 0 unspecified atom stereocenters. The van der Waals surface area contributed by atoms with E-state index in [1.807, 2.05) is 0 Å². The van der Waals surface area contributed by atoms with Crippen LogP contribution in [0.1, 0.15) is 6.42 Å². The summed E-state index contributed by atoms with van der Waals surface area (Å²) in [5.74, 6) is -0.207. The zero-order valence-corrected chi connectivity index (χ0v) is 13.8. The molecule has 0 aliphatic carbocycles. The number of benzene rings is 1. The number of ether oxygens (including phenoxy) is 1. The van der Waals surface area contributed by atoms with Gasteiger partial charge < -0.3 is 15.4 Å². The molecule has 3 aromatic rings. The third kappa shape index (κ3) is 3.31. The molecule has 1 aliphatic heterocycles. The Labute approximate surface area is 147 Å². The first-order chi connectivity index (χ1) is 12.2. The Balaban J connectivity index is 1.69. The van der Waals surface area contributed by atoms with Crippen molar-refractivity contribution < 1.29 is 9.13 Å². The molecule has 1 atom stereocenters. The fourth-order valence-electron chi connectivity index (χ4n) is 2.59. The van der Waals surface area contributed by atoms with E-state index in [0.717, 1.165) is 19.5 Å². The summed E-state index contributed by atoms with van der Waals surface area (Å²) in [4.78, 5) is 16.8. The maximum absolute atomic E-state index is 14.1. The molecule has 3 heterocycles. The Kier molecular flexibility index (Phi) is 4.29. The molecule has 0 saturated carbocycles. The molecule has 0 spiro atoms. The number of nitrogens with one attached hydrogen (secondary N) is 2. The molecule has 1 aliphatic rings. The molecule has 2 aromatic heterocycles. The van der Waals surface area contributed by atoms with Gasteiger partial charge in [-0.25, -0.2) is 19.3 Å². The second-order valence-corrected chi connectivity index (χ2v) is 5.97. The van der Waals surface area contributed by atoms with Crippen molar-refractivity contribution in [2.45, 2.75) is 12.5 Å². The number of rotatable bonds is 4. The molecule has 25 heavy (non-hydrogen) atoms. The van der Waals surface area contributed by atoms with Crippen LogP contribution in [0.3, 0.4) is 0 Å². The number of hydrogen-bond donors (Lipinski definition) is 2. The lowest BCUT2D eigenvalue weighted by atomic mass is 10.3. The van der Waals surface area contributed by atoms with Gasteiger partial charge in [-0.05, 0) is 25.1 Å². The van der Waals surface area contributed by atoms with Gasteiger partial charge in [-0.3, -0.25) is 0 Å². The van der Waals surface area contributed by atoms with Crippen LogP contribution in [0.25, 0.3) is 11.0 Å². The maximum atomic E-state index is 14.1. The van der Waals surface area contributed by atoms with Gasteiger partial charge in [0.05, 0.1) is 16.9 Å². The Morgan fingerprint density at radius 3 is 3.04 bits per heavy atom. The first-order valence-corrected chi connectivity index (χ1v) is 8.14. The fourth-order valence-corrected chi connectivity index (χ4v) is 2.77. The van der Waals surface area contributed by atoms with Gasteiger partial charge in [-0.15, -0.1) is 0 Å². The second-order valence-electron chi connectivity index (χ2n) is 5.57. The predicted octanol–water partition coefficient (Wildman–Crippen LogP) is 2.70. The molecule has 7 nitrogen and oxygen atoms in total. The van der Waals surface area contributed by atoms with Crippen LogP contribution in [0.4, 0.5) is 15.9 Å². The minimum atomic E-state index is -0.557. The number of aromatic nitrogens is 4. The van der Waals surface area contributed by atoms with E-state index in [-0.39, 0.29) is 22.8 Å². The van der Waals surface area contributed by atoms with Crippen molar-refractivity contribution in [3.8, 4) is 6.01 Å². The lowest BCUT2D eigenvalue weighted by molar-refractivity contribution is 0.205. The molecule has 1 aromatic carbocycles. The van der Waals surface area contributed by atoms with E-state index >= 15 is 0 Å². The molecule has 0 amide bonds. The summed E-state index contributed by atoms with van der Waals surface area (Å²) in [7, 11) is 0. The van der Waals surface area contributed by atoms with Crippen molar-refractivity contribution >= 4 is 34.1 Å². The number of fused-ring (bicyclic) bond motifs is 1. The van der Waals surface area contributed by atoms with Crippen LogP contribution in [0, 0.1) is 5.82 Å². The van der Waals surface area contributed by atoms with Gasteiger partial charge in [0.15, 0.2) is 11.6 Å². The molecular formula is C16H14ClFN6O. The van der Waals surface area contributed by atoms with E-state index in [1.54, 1.807) is 18.3 Å². The lowest BCUT2D eigenvalue weighted by Crippen LogP contribution is -2.20. The fraction of sp³-hybridized carbons (Fsp3) is 0.250. The average molecular weight is 361 g/mol. The molecule has 4 rings (SSSR count). The summed E-state index contributed by atoms with van der Waals surface area (Å²) < 4.78 is 19.9. The van der Waals surface area contributed by atoms with Gasteiger partial charge in [-0.2, -0.15) is 4.98 Å². The van der Waals surface area contributed by atoms with Crippen LogP contribution in [-0.2, 0) is 0 Å². The maximum Gasteiger partial charge on any atom is 0.317 e. The Morgan fingerprint density at radius 1 is 1.28 bits per heavy atom. The average Bonchev–Trinajstić information content (AvgIpc) is 3.12. The van der Waals surface area contributed by atoms with Crippen molar-refractivity contribution in [3.05, 3.63) is 41.6 Å². The van der Waals surface area contributed by atoms with E-state index in [9.17, 15) is 4.39 Å². The zero-order valence-electron chi connectivity index (χ0n) is 13.0. The quantitative estimate of drug-likeness (QED) is 0.739. The van der Waals surface area contributed by atoms with Gasteiger partial charge >= 0.3 is 6.01 Å². The highest BCUT2D eigenvalue weighted by Gasteiger charge is 2.18. The van der Waals surface area contributed by atoms with Crippen molar-refractivity contribution in [3.63, 3.8) is 0 Å². The summed E-state index contributed by atoms with van der Waals surface area (Å²) >= 11 is 5.82. The minimum Gasteiger partial charge on any atom is -0.459 e. The molecule has 0 radical (unpaired) electrons.